The highest BCUT2D eigenvalue weighted by atomic mass is 16.4. The first-order chi connectivity index (χ1) is 11.0. The molecule has 0 heterocycles. The summed E-state index contributed by atoms with van der Waals surface area (Å²) in [5.41, 5.74) is 0. The molecule has 3 N–H and O–H groups in total. The van der Waals surface area contributed by atoms with Gasteiger partial charge in [0.15, 0.2) is 0 Å². The van der Waals surface area contributed by atoms with Gasteiger partial charge in [0.2, 0.25) is 0 Å². The van der Waals surface area contributed by atoms with Crippen LogP contribution in [-0.4, -0.2) is 29.2 Å². The minimum atomic E-state index is -0.702. The monoisotopic (exact) mass is 324 g/mol. The molecule has 0 aromatic carbocycles. The summed E-state index contributed by atoms with van der Waals surface area (Å²) in [7, 11) is 0. The second-order valence-electron chi connectivity index (χ2n) is 7.77. The fraction of sp³-hybridized carbons (Fsp3) is 0.889. The van der Waals surface area contributed by atoms with Gasteiger partial charge in [0, 0.05) is 12.1 Å². The van der Waals surface area contributed by atoms with Crippen LogP contribution in [0, 0.1) is 17.8 Å². The third-order valence-electron chi connectivity index (χ3n) is 5.50. The second kappa shape index (κ2) is 8.55. The van der Waals surface area contributed by atoms with E-state index < -0.39 is 5.97 Å². The molecule has 0 radical (unpaired) electrons. The van der Waals surface area contributed by atoms with Gasteiger partial charge in [-0.1, -0.05) is 26.7 Å². The summed E-state index contributed by atoms with van der Waals surface area (Å²) in [5, 5.41) is 15.2. The average molecular weight is 324 g/mol. The van der Waals surface area contributed by atoms with E-state index in [-0.39, 0.29) is 18.0 Å². The van der Waals surface area contributed by atoms with Gasteiger partial charge in [-0.2, -0.15) is 0 Å². The SMILES string of the molecule is CC(C)CCC1CCCC1NC(=O)NC1CCC(C(=O)O)CC1. The van der Waals surface area contributed by atoms with Crippen LogP contribution in [0.2, 0.25) is 0 Å². The Morgan fingerprint density at radius 1 is 1.04 bits per heavy atom. The number of hydrogen-bond acceptors (Lipinski definition) is 2. The molecule has 0 aliphatic heterocycles. The van der Waals surface area contributed by atoms with Gasteiger partial charge >= 0.3 is 12.0 Å². The zero-order valence-corrected chi connectivity index (χ0v) is 14.5. The van der Waals surface area contributed by atoms with Gasteiger partial charge in [0.1, 0.15) is 0 Å². The molecule has 2 aliphatic rings. The first-order valence-electron chi connectivity index (χ1n) is 9.25. The zero-order valence-electron chi connectivity index (χ0n) is 14.5. The summed E-state index contributed by atoms with van der Waals surface area (Å²) in [4.78, 5) is 23.2. The van der Waals surface area contributed by atoms with Crippen LogP contribution in [0.4, 0.5) is 4.79 Å². The predicted molar refractivity (Wildman–Crippen MR) is 90.3 cm³/mol. The number of nitrogens with one attached hydrogen (secondary N) is 2. The van der Waals surface area contributed by atoms with Crippen molar-refractivity contribution in [1.82, 2.24) is 10.6 Å². The number of urea groups is 1. The third kappa shape index (κ3) is 5.70. The van der Waals surface area contributed by atoms with Crippen LogP contribution in [0.15, 0.2) is 0 Å². The molecule has 0 saturated heterocycles. The molecular formula is C18H32N2O3. The number of amides is 2. The Bertz CT molecular complexity index is 403. The maximum Gasteiger partial charge on any atom is 0.315 e. The molecule has 5 nitrogen and oxygen atoms in total. The first kappa shape index (κ1) is 18.1. The van der Waals surface area contributed by atoms with Crippen molar-refractivity contribution >= 4 is 12.0 Å². The van der Waals surface area contributed by atoms with Crippen molar-refractivity contribution < 1.29 is 14.7 Å². The lowest BCUT2D eigenvalue weighted by molar-refractivity contribution is -0.142. The molecule has 0 spiro atoms. The molecule has 2 unspecified atom stereocenters. The smallest absolute Gasteiger partial charge is 0.315 e. The molecule has 23 heavy (non-hydrogen) atoms. The maximum atomic E-state index is 12.2. The van der Waals surface area contributed by atoms with E-state index in [4.69, 9.17) is 5.11 Å². The highest BCUT2D eigenvalue weighted by molar-refractivity contribution is 5.75. The summed E-state index contributed by atoms with van der Waals surface area (Å²) < 4.78 is 0. The molecule has 0 aromatic rings. The van der Waals surface area contributed by atoms with E-state index in [1.54, 1.807) is 0 Å². The lowest BCUT2D eigenvalue weighted by Gasteiger charge is -2.28. The number of carbonyl (C=O) groups is 2. The molecule has 2 atom stereocenters. The van der Waals surface area contributed by atoms with Gasteiger partial charge in [0.05, 0.1) is 5.92 Å². The summed E-state index contributed by atoms with van der Waals surface area (Å²) in [6.45, 7) is 4.50. The molecule has 2 aliphatic carbocycles. The van der Waals surface area contributed by atoms with E-state index in [1.807, 2.05) is 0 Å². The Labute approximate surface area is 139 Å². The van der Waals surface area contributed by atoms with Gasteiger partial charge in [0.25, 0.3) is 0 Å². The van der Waals surface area contributed by atoms with Crippen LogP contribution in [0.25, 0.3) is 0 Å². The van der Waals surface area contributed by atoms with E-state index in [2.05, 4.69) is 24.5 Å². The predicted octanol–water partition coefficient (Wildman–Crippen LogP) is 3.53. The average Bonchev–Trinajstić information content (AvgIpc) is 2.92. The molecular weight excluding hydrogens is 292 g/mol. The Kier molecular flexibility index (Phi) is 6.72. The molecule has 2 fully saturated rings. The lowest BCUT2D eigenvalue weighted by Crippen LogP contribution is -2.48. The Balaban J connectivity index is 1.71. The summed E-state index contributed by atoms with van der Waals surface area (Å²) in [6, 6.07) is 0.371. The third-order valence-corrected chi connectivity index (χ3v) is 5.50. The summed E-state index contributed by atoms with van der Waals surface area (Å²) >= 11 is 0. The first-order valence-corrected chi connectivity index (χ1v) is 9.25. The summed E-state index contributed by atoms with van der Waals surface area (Å²) in [5.74, 6) is 0.401. The fourth-order valence-electron chi connectivity index (χ4n) is 4.00. The van der Waals surface area contributed by atoms with Crippen molar-refractivity contribution in [3.63, 3.8) is 0 Å². The van der Waals surface area contributed by atoms with E-state index in [0.717, 1.165) is 25.2 Å². The van der Waals surface area contributed by atoms with Crippen LogP contribution in [0.3, 0.4) is 0 Å². The van der Waals surface area contributed by atoms with Crippen LogP contribution in [-0.2, 0) is 4.79 Å². The standard InChI is InChI=1S/C18H32N2O3/c1-12(2)6-7-13-4-3-5-16(13)20-18(23)19-15-10-8-14(9-11-15)17(21)22/h12-16H,3-11H2,1-2H3,(H,21,22)(H2,19,20,23). The van der Waals surface area contributed by atoms with Crippen molar-refractivity contribution in [3.8, 4) is 0 Å². The largest absolute Gasteiger partial charge is 0.481 e. The van der Waals surface area contributed by atoms with Crippen LogP contribution < -0.4 is 10.6 Å². The Morgan fingerprint density at radius 3 is 2.35 bits per heavy atom. The highest BCUT2D eigenvalue weighted by Crippen LogP contribution is 2.30. The molecule has 5 heteroatoms. The van der Waals surface area contributed by atoms with Crippen molar-refractivity contribution in [2.75, 3.05) is 0 Å². The number of carbonyl (C=O) groups excluding carboxylic acids is 1. The van der Waals surface area contributed by atoms with Gasteiger partial charge in [-0.25, -0.2) is 4.79 Å². The molecule has 132 valence electrons. The lowest BCUT2D eigenvalue weighted by atomic mass is 9.86. The Hall–Kier alpha value is -1.26. The summed E-state index contributed by atoms with van der Waals surface area (Å²) in [6.07, 6.45) is 8.82. The van der Waals surface area contributed by atoms with Crippen molar-refractivity contribution in [3.05, 3.63) is 0 Å². The van der Waals surface area contributed by atoms with Gasteiger partial charge in [-0.3, -0.25) is 4.79 Å². The van der Waals surface area contributed by atoms with E-state index in [0.29, 0.717) is 24.8 Å². The number of aliphatic carboxylic acids is 1. The molecule has 0 bridgehead atoms. The molecule has 2 saturated carbocycles. The van der Waals surface area contributed by atoms with Crippen LogP contribution >= 0.6 is 0 Å². The van der Waals surface area contributed by atoms with Gasteiger partial charge in [-0.15, -0.1) is 0 Å². The number of carboxylic acids is 1. The minimum absolute atomic E-state index is 0.0646. The van der Waals surface area contributed by atoms with E-state index >= 15 is 0 Å². The maximum absolute atomic E-state index is 12.2. The van der Waals surface area contributed by atoms with E-state index in [1.165, 1.54) is 25.7 Å². The molecule has 2 amide bonds. The fourth-order valence-corrected chi connectivity index (χ4v) is 4.00. The normalized spacial score (nSPS) is 31.1. The minimum Gasteiger partial charge on any atom is -0.481 e. The van der Waals surface area contributed by atoms with Crippen molar-refractivity contribution in [2.24, 2.45) is 17.8 Å². The quantitative estimate of drug-likeness (QED) is 0.699. The van der Waals surface area contributed by atoms with Crippen LogP contribution in [0.5, 0.6) is 0 Å². The van der Waals surface area contributed by atoms with Crippen molar-refractivity contribution in [2.45, 2.75) is 83.7 Å². The molecule has 0 aromatic heterocycles. The highest BCUT2D eigenvalue weighted by Gasteiger charge is 2.30. The number of hydrogen-bond donors (Lipinski definition) is 3. The number of rotatable bonds is 6. The van der Waals surface area contributed by atoms with Crippen LogP contribution in [0.1, 0.15) is 71.6 Å². The second-order valence-corrected chi connectivity index (χ2v) is 7.77. The van der Waals surface area contributed by atoms with E-state index in [9.17, 15) is 9.59 Å². The van der Waals surface area contributed by atoms with Gasteiger partial charge < -0.3 is 15.7 Å². The zero-order chi connectivity index (χ0) is 16.8. The molecule has 2 rings (SSSR count). The Morgan fingerprint density at radius 2 is 1.74 bits per heavy atom. The van der Waals surface area contributed by atoms with Crippen molar-refractivity contribution in [1.29, 1.82) is 0 Å². The van der Waals surface area contributed by atoms with Gasteiger partial charge in [-0.05, 0) is 56.8 Å². The topological polar surface area (TPSA) is 78.4 Å². The number of carboxylic acid groups (broad SMARTS) is 1.